The molecule has 0 aliphatic carbocycles. The van der Waals surface area contributed by atoms with Crippen LogP contribution in [-0.4, -0.2) is 22.3 Å². The molecule has 0 saturated carbocycles. The predicted molar refractivity (Wildman–Crippen MR) is 85.1 cm³/mol. The van der Waals surface area contributed by atoms with Gasteiger partial charge in [-0.3, -0.25) is 9.20 Å². The third-order valence-corrected chi connectivity index (χ3v) is 4.22. The normalized spacial score (nSPS) is 11.0. The summed E-state index contributed by atoms with van der Waals surface area (Å²) in [6, 6.07) is 3.31. The van der Waals surface area contributed by atoms with Crippen molar-refractivity contribution in [1.82, 2.24) is 9.38 Å². The molecule has 0 aliphatic rings. The number of thiazole rings is 1. The molecule has 3 aromatic rings. The molecule has 0 radical (unpaired) electrons. The molecule has 21 heavy (non-hydrogen) atoms. The first-order valence-corrected chi connectivity index (χ1v) is 7.82. The van der Waals surface area contributed by atoms with Crippen molar-refractivity contribution in [3.05, 3.63) is 39.4 Å². The van der Waals surface area contributed by atoms with Gasteiger partial charge in [-0.05, 0) is 19.1 Å². The molecule has 0 aliphatic heterocycles. The van der Waals surface area contributed by atoms with E-state index in [-0.39, 0.29) is 0 Å². The Labute approximate surface area is 134 Å². The Balaban J connectivity index is 2.31. The van der Waals surface area contributed by atoms with E-state index in [4.69, 9.17) is 27.9 Å². The number of halogens is 2. The third-order valence-electron chi connectivity index (χ3n) is 2.96. The van der Waals surface area contributed by atoms with E-state index in [1.54, 1.807) is 22.7 Å². The molecule has 4 nitrogen and oxygen atoms in total. The van der Waals surface area contributed by atoms with Crippen LogP contribution in [0.1, 0.15) is 17.4 Å². The van der Waals surface area contributed by atoms with Crippen molar-refractivity contribution < 1.29 is 9.53 Å². The Morgan fingerprint density at radius 3 is 2.95 bits per heavy atom. The zero-order chi connectivity index (χ0) is 15.0. The number of aromatic nitrogens is 2. The second-order valence-electron chi connectivity index (χ2n) is 4.22. The summed E-state index contributed by atoms with van der Waals surface area (Å²) in [6.45, 7) is 2.31. The molecular formula is C14H10Cl2N2O2S. The van der Waals surface area contributed by atoms with E-state index in [0.29, 0.717) is 39.4 Å². The van der Waals surface area contributed by atoms with Gasteiger partial charge in [-0.1, -0.05) is 23.2 Å². The number of carbonyl (C=O) groups excluding carboxylic acids is 1. The molecule has 2 heterocycles. The number of fused-ring (bicyclic) bond motifs is 1. The summed E-state index contributed by atoms with van der Waals surface area (Å²) >= 11 is 13.7. The molecule has 0 spiro atoms. The maximum Gasteiger partial charge on any atom is 0.194 e. The van der Waals surface area contributed by atoms with Crippen molar-refractivity contribution in [1.29, 1.82) is 0 Å². The van der Waals surface area contributed by atoms with E-state index >= 15 is 0 Å². The molecule has 7 heteroatoms. The molecule has 3 rings (SSSR count). The van der Waals surface area contributed by atoms with Gasteiger partial charge in [0.25, 0.3) is 0 Å². The number of ether oxygens (including phenoxy) is 1. The molecule has 0 amide bonds. The molecule has 0 fully saturated rings. The number of aldehydes is 1. The first kappa shape index (κ1) is 14.4. The fourth-order valence-corrected chi connectivity index (χ4v) is 3.41. The fraction of sp³-hybridized carbons (Fsp3) is 0.143. The summed E-state index contributed by atoms with van der Waals surface area (Å²) in [6.07, 6.45) is 2.57. The Morgan fingerprint density at radius 2 is 2.24 bits per heavy atom. The van der Waals surface area contributed by atoms with Crippen LogP contribution in [0.5, 0.6) is 5.75 Å². The Morgan fingerprint density at radius 1 is 1.43 bits per heavy atom. The maximum absolute atomic E-state index is 11.4. The minimum Gasteiger partial charge on any atom is -0.492 e. The lowest BCUT2D eigenvalue weighted by Crippen LogP contribution is -1.97. The summed E-state index contributed by atoms with van der Waals surface area (Å²) in [5, 5.41) is 2.73. The second-order valence-corrected chi connectivity index (χ2v) is 5.93. The molecule has 0 bridgehead atoms. The Kier molecular flexibility index (Phi) is 3.89. The molecular weight excluding hydrogens is 331 g/mol. The average molecular weight is 341 g/mol. The highest BCUT2D eigenvalue weighted by molar-refractivity contribution is 7.15. The average Bonchev–Trinajstić information content (AvgIpc) is 3.01. The number of benzene rings is 1. The molecule has 108 valence electrons. The smallest absolute Gasteiger partial charge is 0.194 e. The van der Waals surface area contributed by atoms with Gasteiger partial charge in [-0.2, -0.15) is 0 Å². The first-order chi connectivity index (χ1) is 10.2. The van der Waals surface area contributed by atoms with Gasteiger partial charge < -0.3 is 4.74 Å². The largest absolute Gasteiger partial charge is 0.492 e. The highest BCUT2D eigenvalue weighted by Crippen LogP contribution is 2.40. The second kappa shape index (κ2) is 5.67. The van der Waals surface area contributed by atoms with Crippen molar-refractivity contribution in [2.24, 2.45) is 0 Å². The summed E-state index contributed by atoms with van der Waals surface area (Å²) < 4.78 is 7.33. The van der Waals surface area contributed by atoms with Crippen molar-refractivity contribution in [3.63, 3.8) is 0 Å². The van der Waals surface area contributed by atoms with Crippen LogP contribution in [0.25, 0.3) is 16.2 Å². The van der Waals surface area contributed by atoms with Gasteiger partial charge in [0, 0.05) is 22.2 Å². The maximum atomic E-state index is 11.4. The van der Waals surface area contributed by atoms with Crippen LogP contribution in [0.2, 0.25) is 10.0 Å². The molecule has 2 aromatic heterocycles. The lowest BCUT2D eigenvalue weighted by Gasteiger charge is -2.11. The van der Waals surface area contributed by atoms with E-state index in [1.165, 1.54) is 11.3 Å². The summed E-state index contributed by atoms with van der Waals surface area (Å²) in [5.41, 5.74) is 1.59. The third kappa shape index (κ3) is 2.41. The zero-order valence-corrected chi connectivity index (χ0v) is 13.3. The van der Waals surface area contributed by atoms with Crippen LogP contribution in [-0.2, 0) is 0 Å². The van der Waals surface area contributed by atoms with Crippen LogP contribution < -0.4 is 4.74 Å². The minimum absolute atomic E-state index is 0.396. The standard InChI is InChI=1S/C14H10Cl2N2O2S/c1-2-20-13-9(5-8(15)6-10(13)16)12-11(7-19)18-3-4-21-14(18)17-12/h3-7H,2H2,1H3. The van der Waals surface area contributed by atoms with Gasteiger partial charge >= 0.3 is 0 Å². The quantitative estimate of drug-likeness (QED) is 0.653. The highest BCUT2D eigenvalue weighted by Gasteiger charge is 2.20. The molecule has 1 aromatic carbocycles. The summed E-state index contributed by atoms with van der Waals surface area (Å²) in [7, 11) is 0. The predicted octanol–water partition coefficient (Wildman–Crippen LogP) is 4.58. The molecule has 0 N–H and O–H groups in total. The van der Waals surface area contributed by atoms with Gasteiger partial charge in [-0.25, -0.2) is 4.98 Å². The lowest BCUT2D eigenvalue weighted by molar-refractivity contribution is 0.111. The number of rotatable bonds is 4. The summed E-state index contributed by atoms with van der Waals surface area (Å²) in [4.78, 5) is 16.7. The highest BCUT2D eigenvalue weighted by atomic mass is 35.5. The van der Waals surface area contributed by atoms with Crippen molar-refractivity contribution in [3.8, 4) is 17.0 Å². The van der Waals surface area contributed by atoms with E-state index in [0.717, 1.165) is 11.2 Å². The van der Waals surface area contributed by atoms with Gasteiger partial charge in [0.2, 0.25) is 0 Å². The van der Waals surface area contributed by atoms with E-state index < -0.39 is 0 Å². The molecule has 0 saturated heterocycles. The van der Waals surface area contributed by atoms with E-state index in [1.807, 2.05) is 12.3 Å². The number of nitrogens with zero attached hydrogens (tertiary/aromatic N) is 2. The molecule has 0 unspecified atom stereocenters. The fourth-order valence-electron chi connectivity index (χ4n) is 2.14. The van der Waals surface area contributed by atoms with Crippen LogP contribution in [0.4, 0.5) is 0 Å². The van der Waals surface area contributed by atoms with Crippen LogP contribution in [0.15, 0.2) is 23.7 Å². The number of imidazole rings is 1. The van der Waals surface area contributed by atoms with Gasteiger partial charge in [-0.15, -0.1) is 11.3 Å². The number of hydrogen-bond donors (Lipinski definition) is 0. The first-order valence-electron chi connectivity index (χ1n) is 6.18. The Hall–Kier alpha value is -1.56. The number of carbonyl (C=O) groups is 1. The molecule has 0 atom stereocenters. The van der Waals surface area contributed by atoms with Crippen molar-refractivity contribution in [2.45, 2.75) is 6.92 Å². The van der Waals surface area contributed by atoms with Crippen molar-refractivity contribution >= 4 is 45.8 Å². The summed E-state index contributed by atoms with van der Waals surface area (Å²) in [5.74, 6) is 0.484. The minimum atomic E-state index is 0.396. The van der Waals surface area contributed by atoms with E-state index in [2.05, 4.69) is 4.98 Å². The van der Waals surface area contributed by atoms with Gasteiger partial charge in [0.1, 0.15) is 17.1 Å². The number of hydrogen-bond acceptors (Lipinski definition) is 4. The Bertz CT molecular complexity index is 826. The van der Waals surface area contributed by atoms with Gasteiger partial charge in [0.15, 0.2) is 11.2 Å². The SMILES string of the molecule is CCOc1c(Cl)cc(Cl)cc1-c1nc2sccn2c1C=O. The topological polar surface area (TPSA) is 43.6 Å². The van der Waals surface area contributed by atoms with E-state index in [9.17, 15) is 4.79 Å². The van der Waals surface area contributed by atoms with Crippen LogP contribution in [0, 0.1) is 0 Å². The monoisotopic (exact) mass is 340 g/mol. The van der Waals surface area contributed by atoms with Crippen LogP contribution >= 0.6 is 34.5 Å². The lowest BCUT2D eigenvalue weighted by atomic mass is 10.1. The van der Waals surface area contributed by atoms with Crippen molar-refractivity contribution in [2.75, 3.05) is 6.61 Å². The zero-order valence-electron chi connectivity index (χ0n) is 11.0. The van der Waals surface area contributed by atoms with Gasteiger partial charge in [0.05, 0.1) is 11.6 Å². The van der Waals surface area contributed by atoms with Crippen LogP contribution in [0.3, 0.4) is 0 Å².